The lowest BCUT2D eigenvalue weighted by molar-refractivity contribution is 0.00696. The number of esters is 1. The number of aromatic amines is 1. The quantitative estimate of drug-likeness (QED) is 0.316. The second-order valence-electron chi connectivity index (χ2n) is 10.8. The monoisotopic (exact) mass is 473 g/mol. The minimum Gasteiger partial charge on any atom is -0.456 e. The highest BCUT2D eigenvalue weighted by molar-refractivity contribution is 5.93. The predicted octanol–water partition coefficient (Wildman–Crippen LogP) is 7.28. The van der Waals surface area contributed by atoms with E-state index in [0.717, 1.165) is 53.4 Å². The second kappa shape index (κ2) is 9.06. The van der Waals surface area contributed by atoms with Gasteiger partial charge in [-0.1, -0.05) is 6.92 Å². The van der Waals surface area contributed by atoms with Gasteiger partial charge in [0, 0.05) is 17.5 Å². The van der Waals surface area contributed by atoms with Gasteiger partial charge in [0.05, 0.1) is 22.1 Å². The first kappa shape index (κ1) is 23.5. The molecule has 0 aliphatic heterocycles. The maximum absolute atomic E-state index is 13.9. The van der Waals surface area contributed by atoms with Crippen molar-refractivity contribution in [3.63, 3.8) is 0 Å². The summed E-state index contributed by atoms with van der Waals surface area (Å²) in [5.41, 5.74) is 3.77. The van der Waals surface area contributed by atoms with E-state index >= 15 is 0 Å². The van der Waals surface area contributed by atoms with Crippen molar-refractivity contribution < 1.29 is 13.9 Å². The maximum atomic E-state index is 13.9. The lowest BCUT2D eigenvalue weighted by Gasteiger charge is -2.32. The number of ether oxygens (including phenoxy) is 1. The molecule has 5 nitrogen and oxygen atoms in total. The summed E-state index contributed by atoms with van der Waals surface area (Å²) < 4.78 is 19.4. The SMILES string of the molecule is C[C@@H](c1nc2ccc(C(=O)OC(C)(C)C)cc2[nH]1)[C@H]1CC[C@@H](c2ccnc3ccc(F)cc32)CC1. The summed E-state index contributed by atoms with van der Waals surface area (Å²) in [6.45, 7) is 7.82. The van der Waals surface area contributed by atoms with Gasteiger partial charge in [0.25, 0.3) is 0 Å². The fourth-order valence-electron chi connectivity index (χ4n) is 5.36. The first-order valence-electron chi connectivity index (χ1n) is 12.4. The average Bonchev–Trinajstić information content (AvgIpc) is 3.26. The highest BCUT2D eigenvalue weighted by Gasteiger charge is 2.29. The van der Waals surface area contributed by atoms with Gasteiger partial charge in [-0.25, -0.2) is 14.2 Å². The van der Waals surface area contributed by atoms with Crippen LogP contribution >= 0.6 is 0 Å². The van der Waals surface area contributed by atoms with Gasteiger partial charge >= 0.3 is 5.97 Å². The Kier molecular flexibility index (Phi) is 6.07. The number of pyridine rings is 1. The number of imidazole rings is 1. The van der Waals surface area contributed by atoms with Crippen LogP contribution in [0.2, 0.25) is 0 Å². The predicted molar refractivity (Wildman–Crippen MR) is 136 cm³/mol. The van der Waals surface area contributed by atoms with E-state index < -0.39 is 5.60 Å². The molecule has 4 aromatic rings. The molecule has 0 saturated heterocycles. The zero-order valence-electron chi connectivity index (χ0n) is 20.8. The first-order valence-corrected chi connectivity index (χ1v) is 12.4. The lowest BCUT2D eigenvalue weighted by atomic mass is 9.73. The van der Waals surface area contributed by atoms with E-state index in [2.05, 4.69) is 23.0 Å². The zero-order valence-corrected chi connectivity index (χ0v) is 20.8. The van der Waals surface area contributed by atoms with Crippen molar-refractivity contribution in [1.82, 2.24) is 15.0 Å². The molecule has 1 aliphatic rings. The number of rotatable bonds is 4. The fourth-order valence-corrected chi connectivity index (χ4v) is 5.36. The van der Waals surface area contributed by atoms with Gasteiger partial charge in [-0.2, -0.15) is 0 Å². The molecule has 0 spiro atoms. The molecule has 0 radical (unpaired) electrons. The van der Waals surface area contributed by atoms with Crippen molar-refractivity contribution in [2.24, 2.45) is 5.92 Å². The Morgan fingerprint density at radius 1 is 1.06 bits per heavy atom. The minimum absolute atomic E-state index is 0.214. The van der Waals surface area contributed by atoms with Crippen molar-refractivity contribution >= 4 is 27.9 Å². The summed E-state index contributed by atoms with van der Waals surface area (Å²) in [4.78, 5) is 25.2. The van der Waals surface area contributed by atoms with E-state index in [9.17, 15) is 9.18 Å². The van der Waals surface area contributed by atoms with Gasteiger partial charge in [0.1, 0.15) is 17.2 Å². The second-order valence-corrected chi connectivity index (χ2v) is 10.8. The number of aromatic nitrogens is 3. The third kappa shape index (κ3) is 4.93. The molecule has 2 aromatic carbocycles. The van der Waals surface area contributed by atoms with Crippen LogP contribution < -0.4 is 0 Å². The van der Waals surface area contributed by atoms with Gasteiger partial charge in [-0.05, 0) is 106 Å². The van der Waals surface area contributed by atoms with E-state index in [4.69, 9.17) is 9.72 Å². The molecule has 35 heavy (non-hydrogen) atoms. The van der Waals surface area contributed by atoms with Crippen molar-refractivity contribution in [3.05, 3.63) is 71.4 Å². The van der Waals surface area contributed by atoms with E-state index in [1.165, 1.54) is 11.6 Å². The number of hydrogen-bond acceptors (Lipinski definition) is 4. The highest BCUT2D eigenvalue weighted by Crippen LogP contribution is 2.43. The highest BCUT2D eigenvalue weighted by atomic mass is 19.1. The molecule has 5 rings (SSSR count). The number of carbonyl (C=O) groups excluding carboxylic acids is 1. The third-order valence-electron chi connectivity index (χ3n) is 7.22. The van der Waals surface area contributed by atoms with Gasteiger partial charge in [0.15, 0.2) is 0 Å². The Labute approximate surface area is 205 Å². The zero-order chi connectivity index (χ0) is 24.7. The van der Waals surface area contributed by atoms with Crippen LogP contribution in [0.3, 0.4) is 0 Å². The fraction of sp³-hybridized carbons (Fsp3) is 0.414. The number of fused-ring (bicyclic) bond motifs is 2. The molecule has 2 aromatic heterocycles. The normalized spacial score (nSPS) is 19.7. The summed E-state index contributed by atoms with van der Waals surface area (Å²) in [5, 5.41) is 0.932. The summed E-state index contributed by atoms with van der Waals surface area (Å²) in [6.07, 6.45) is 6.14. The van der Waals surface area contributed by atoms with Crippen molar-refractivity contribution in [1.29, 1.82) is 0 Å². The van der Waals surface area contributed by atoms with Crippen molar-refractivity contribution in [3.8, 4) is 0 Å². The maximum Gasteiger partial charge on any atom is 0.338 e. The third-order valence-corrected chi connectivity index (χ3v) is 7.22. The van der Waals surface area contributed by atoms with Crippen molar-refractivity contribution in [2.75, 3.05) is 0 Å². The number of hydrogen-bond donors (Lipinski definition) is 1. The smallest absolute Gasteiger partial charge is 0.338 e. The molecule has 6 heteroatoms. The van der Waals surface area contributed by atoms with Crippen molar-refractivity contribution in [2.45, 2.75) is 70.8 Å². The van der Waals surface area contributed by atoms with Gasteiger partial charge in [0.2, 0.25) is 0 Å². The van der Waals surface area contributed by atoms with Crippen LogP contribution in [-0.4, -0.2) is 26.5 Å². The molecule has 1 aliphatic carbocycles. The summed E-state index contributed by atoms with van der Waals surface area (Å²) >= 11 is 0. The molecule has 0 bridgehead atoms. The molecule has 2 heterocycles. The van der Waals surface area contributed by atoms with Crippen LogP contribution in [0.5, 0.6) is 0 Å². The molecule has 0 amide bonds. The number of carbonyl (C=O) groups is 1. The summed E-state index contributed by atoms with van der Waals surface area (Å²) in [6, 6.07) is 12.4. The molecular formula is C29H32FN3O2. The summed E-state index contributed by atoms with van der Waals surface area (Å²) in [5.74, 6) is 1.63. The van der Waals surface area contributed by atoms with Crippen LogP contribution in [0.25, 0.3) is 21.9 Å². The Balaban J connectivity index is 1.29. The molecule has 1 atom stereocenters. The number of halogens is 1. The van der Waals surface area contributed by atoms with Crippen LogP contribution in [0.4, 0.5) is 4.39 Å². The topological polar surface area (TPSA) is 67.9 Å². The van der Waals surface area contributed by atoms with Crippen LogP contribution in [0, 0.1) is 11.7 Å². The van der Waals surface area contributed by atoms with E-state index in [1.54, 1.807) is 18.2 Å². The Hall–Kier alpha value is -3.28. The standard InChI is InChI=1S/C29H32FN3O2/c1-17(27-32-25-11-9-20(15-26(25)33-27)28(34)35-29(2,3)4)18-5-7-19(8-6-18)22-13-14-31-24-12-10-21(30)16-23(22)24/h9-19H,5-8H2,1-4H3,(H,32,33)/t17-,18-,19+/m1/s1. The van der Waals surface area contributed by atoms with E-state index in [0.29, 0.717) is 17.4 Å². The Morgan fingerprint density at radius 3 is 2.54 bits per heavy atom. The molecular weight excluding hydrogens is 441 g/mol. The van der Waals surface area contributed by atoms with Crippen LogP contribution in [0.1, 0.15) is 87.0 Å². The molecule has 0 unspecified atom stereocenters. The minimum atomic E-state index is -0.532. The average molecular weight is 474 g/mol. The Morgan fingerprint density at radius 2 is 1.80 bits per heavy atom. The Bertz CT molecular complexity index is 1380. The molecule has 182 valence electrons. The number of nitrogens with zero attached hydrogens (tertiary/aromatic N) is 2. The molecule has 1 saturated carbocycles. The van der Waals surface area contributed by atoms with Crippen LogP contribution in [0.15, 0.2) is 48.7 Å². The number of nitrogens with one attached hydrogen (secondary N) is 1. The number of H-pyrrole nitrogens is 1. The van der Waals surface area contributed by atoms with Gasteiger partial charge in [-0.3, -0.25) is 4.98 Å². The first-order chi connectivity index (χ1) is 16.7. The van der Waals surface area contributed by atoms with Gasteiger partial charge < -0.3 is 9.72 Å². The van der Waals surface area contributed by atoms with E-state index in [1.807, 2.05) is 39.1 Å². The lowest BCUT2D eigenvalue weighted by Crippen LogP contribution is -2.23. The largest absolute Gasteiger partial charge is 0.456 e. The summed E-state index contributed by atoms with van der Waals surface area (Å²) in [7, 11) is 0. The molecule has 1 fully saturated rings. The number of benzene rings is 2. The van der Waals surface area contributed by atoms with Gasteiger partial charge in [-0.15, -0.1) is 0 Å². The molecule has 1 N–H and O–H groups in total. The van der Waals surface area contributed by atoms with Crippen LogP contribution in [-0.2, 0) is 4.74 Å². The van der Waals surface area contributed by atoms with E-state index in [-0.39, 0.29) is 17.7 Å².